The van der Waals surface area contributed by atoms with Gasteiger partial charge in [-0.1, -0.05) is 204 Å². The van der Waals surface area contributed by atoms with E-state index in [-0.39, 0.29) is 19.4 Å². The molecular formula is C51H93O8P. The quantitative estimate of drug-likeness (QED) is 0.0269. The Labute approximate surface area is 369 Å². The topological polar surface area (TPSA) is 119 Å². The Kier molecular flexibility index (Phi) is 45.0. The number of hydrogen-bond acceptors (Lipinski definition) is 6. The van der Waals surface area contributed by atoms with Crippen molar-refractivity contribution in [2.75, 3.05) is 13.2 Å². The van der Waals surface area contributed by atoms with E-state index in [1.807, 2.05) is 0 Å². The zero-order chi connectivity index (χ0) is 43.9. The normalized spacial score (nSPS) is 12.8. The number of hydrogen-bond donors (Lipinski definition) is 2. The molecule has 0 aliphatic carbocycles. The Morgan fingerprint density at radius 3 is 1.25 bits per heavy atom. The van der Waals surface area contributed by atoms with Gasteiger partial charge in [-0.3, -0.25) is 14.1 Å². The van der Waals surface area contributed by atoms with Crippen LogP contribution in [0.4, 0.5) is 0 Å². The fraction of sp³-hybridized carbons (Fsp3) is 0.804. The second-order valence-electron chi connectivity index (χ2n) is 16.8. The van der Waals surface area contributed by atoms with Crippen molar-refractivity contribution in [3.05, 3.63) is 48.6 Å². The minimum absolute atomic E-state index is 0.151. The second-order valence-corrected chi connectivity index (χ2v) is 18.0. The van der Waals surface area contributed by atoms with Crippen LogP contribution in [0.15, 0.2) is 48.6 Å². The molecule has 1 atom stereocenters. The Bertz CT molecular complexity index is 1110. The number of allylic oxidation sites excluding steroid dienone is 8. The first kappa shape index (κ1) is 58.0. The number of phosphoric ester groups is 1. The third-order valence-electron chi connectivity index (χ3n) is 10.8. The molecule has 0 saturated carbocycles. The molecule has 8 nitrogen and oxygen atoms in total. The summed E-state index contributed by atoms with van der Waals surface area (Å²) in [6.45, 7) is 3.66. The van der Waals surface area contributed by atoms with Crippen molar-refractivity contribution in [2.24, 2.45) is 0 Å². The molecule has 0 heterocycles. The van der Waals surface area contributed by atoms with Gasteiger partial charge in [-0.25, -0.2) is 4.57 Å². The molecule has 0 aliphatic rings. The fourth-order valence-electron chi connectivity index (χ4n) is 7.07. The number of phosphoric acid groups is 1. The SMILES string of the molecule is CCCCC/C=C/C/C=C/CCCCCCCCCCCC(=O)OC[C@H](COP(=O)(O)O)OC(=O)CCC/C=C/CC/C=C/CCCCCCCCCCCCCCCC. The number of unbranched alkanes of at least 4 members (excludes halogenated alkanes) is 28. The van der Waals surface area contributed by atoms with Gasteiger partial charge in [-0.15, -0.1) is 0 Å². The summed E-state index contributed by atoms with van der Waals surface area (Å²) in [5.41, 5.74) is 0. The van der Waals surface area contributed by atoms with Gasteiger partial charge < -0.3 is 19.3 Å². The first-order valence-electron chi connectivity index (χ1n) is 24.9. The summed E-state index contributed by atoms with van der Waals surface area (Å²) in [5, 5.41) is 0. The van der Waals surface area contributed by atoms with E-state index in [0.717, 1.165) is 57.8 Å². The van der Waals surface area contributed by atoms with Gasteiger partial charge in [0.2, 0.25) is 0 Å². The van der Waals surface area contributed by atoms with E-state index in [1.165, 1.54) is 148 Å². The average Bonchev–Trinajstić information content (AvgIpc) is 3.22. The minimum atomic E-state index is -4.77. The molecule has 0 bridgehead atoms. The Morgan fingerprint density at radius 2 is 0.783 bits per heavy atom. The lowest BCUT2D eigenvalue weighted by Crippen LogP contribution is -2.29. The van der Waals surface area contributed by atoms with E-state index >= 15 is 0 Å². The van der Waals surface area contributed by atoms with Gasteiger partial charge >= 0.3 is 19.8 Å². The highest BCUT2D eigenvalue weighted by Crippen LogP contribution is 2.36. The van der Waals surface area contributed by atoms with Crippen LogP contribution in [-0.4, -0.2) is 41.0 Å². The van der Waals surface area contributed by atoms with Crippen molar-refractivity contribution in [1.29, 1.82) is 0 Å². The smallest absolute Gasteiger partial charge is 0.462 e. The molecule has 0 saturated heterocycles. The Morgan fingerprint density at radius 1 is 0.433 bits per heavy atom. The van der Waals surface area contributed by atoms with E-state index in [1.54, 1.807) is 0 Å². The van der Waals surface area contributed by atoms with E-state index in [4.69, 9.17) is 19.3 Å². The Balaban J connectivity index is 3.89. The standard InChI is InChI=1S/C51H93O8P/c1-3-5-7-9-11-13-15-17-19-21-23-24-25-26-28-30-32-34-36-38-40-42-44-46-51(53)59-49(48-58-60(54,55)56)47-57-50(52)45-43-41-39-37-35-33-31-29-27-22-20-18-16-14-12-10-8-6-4-2/h12,14,18,20,30,32,38,40,49H,3-11,13,15-17,19,21-29,31,33-37,39,41-48H2,1-2H3,(H2,54,55,56)/b14-12+,20-18+,32-30+,40-38+/t49-/m1/s1. The first-order valence-corrected chi connectivity index (χ1v) is 26.5. The van der Waals surface area contributed by atoms with E-state index in [0.29, 0.717) is 12.8 Å². The molecule has 0 aromatic rings. The van der Waals surface area contributed by atoms with E-state index < -0.39 is 32.5 Å². The van der Waals surface area contributed by atoms with Crippen molar-refractivity contribution in [3.63, 3.8) is 0 Å². The van der Waals surface area contributed by atoms with Crippen molar-refractivity contribution < 1.29 is 37.9 Å². The molecule has 0 aromatic heterocycles. The molecule has 60 heavy (non-hydrogen) atoms. The van der Waals surface area contributed by atoms with Crippen LogP contribution in [-0.2, 0) is 28.2 Å². The van der Waals surface area contributed by atoms with Crippen LogP contribution in [0.3, 0.4) is 0 Å². The zero-order valence-corrected chi connectivity index (χ0v) is 39.8. The van der Waals surface area contributed by atoms with Crippen LogP contribution in [0.25, 0.3) is 0 Å². The lowest BCUT2D eigenvalue weighted by molar-refractivity contribution is -0.161. The van der Waals surface area contributed by atoms with E-state index in [2.05, 4.69) is 67.0 Å². The summed E-state index contributed by atoms with van der Waals surface area (Å²) in [4.78, 5) is 43.0. The molecule has 0 fully saturated rings. The predicted molar refractivity (Wildman–Crippen MR) is 253 cm³/mol. The van der Waals surface area contributed by atoms with Gasteiger partial charge in [0, 0.05) is 12.8 Å². The molecule has 2 N–H and O–H groups in total. The van der Waals surface area contributed by atoms with Gasteiger partial charge in [0.15, 0.2) is 6.10 Å². The molecule has 350 valence electrons. The van der Waals surface area contributed by atoms with E-state index in [9.17, 15) is 14.2 Å². The van der Waals surface area contributed by atoms with Crippen LogP contribution in [0.5, 0.6) is 0 Å². The zero-order valence-electron chi connectivity index (χ0n) is 38.9. The Hall–Kier alpha value is -1.99. The lowest BCUT2D eigenvalue weighted by atomic mass is 10.0. The number of ether oxygens (including phenoxy) is 2. The summed E-state index contributed by atoms with van der Waals surface area (Å²) in [5.74, 6) is -0.933. The largest absolute Gasteiger partial charge is 0.469 e. The summed E-state index contributed by atoms with van der Waals surface area (Å²) in [7, 11) is -4.77. The molecular weight excluding hydrogens is 772 g/mol. The summed E-state index contributed by atoms with van der Waals surface area (Å²) < 4.78 is 26.5. The maximum absolute atomic E-state index is 12.4. The van der Waals surface area contributed by atoms with Gasteiger partial charge in [-0.05, 0) is 77.0 Å². The van der Waals surface area contributed by atoms with Crippen LogP contribution in [0.2, 0.25) is 0 Å². The number of carbonyl (C=O) groups excluding carboxylic acids is 2. The second kappa shape index (κ2) is 46.5. The highest BCUT2D eigenvalue weighted by molar-refractivity contribution is 7.46. The monoisotopic (exact) mass is 865 g/mol. The fourth-order valence-corrected chi connectivity index (χ4v) is 7.43. The van der Waals surface area contributed by atoms with Gasteiger partial charge in [0.25, 0.3) is 0 Å². The minimum Gasteiger partial charge on any atom is -0.462 e. The van der Waals surface area contributed by atoms with Crippen molar-refractivity contribution >= 4 is 19.8 Å². The molecule has 0 spiro atoms. The first-order chi connectivity index (χ1) is 29.3. The van der Waals surface area contributed by atoms with Crippen LogP contribution in [0.1, 0.15) is 245 Å². The number of esters is 2. The van der Waals surface area contributed by atoms with Crippen molar-refractivity contribution in [2.45, 2.75) is 251 Å². The summed E-state index contributed by atoms with van der Waals surface area (Å²) in [6.07, 6.45) is 58.5. The average molecular weight is 865 g/mol. The van der Waals surface area contributed by atoms with Gasteiger partial charge in [0.1, 0.15) is 6.61 Å². The molecule has 0 aliphatic heterocycles. The van der Waals surface area contributed by atoms with Crippen LogP contribution >= 0.6 is 7.82 Å². The molecule has 0 rings (SSSR count). The maximum Gasteiger partial charge on any atom is 0.469 e. The van der Waals surface area contributed by atoms with Crippen molar-refractivity contribution in [3.8, 4) is 0 Å². The predicted octanol–water partition coefficient (Wildman–Crippen LogP) is 15.9. The number of rotatable bonds is 46. The molecule has 0 aromatic carbocycles. The number of carbonyl (C=O) groups is 2. The molecule has 0 amide bonds. The van der Waals surface area contributed by atoms with Crippen LogP contribution in [0, 0.1) is 0 Å². The molecule has 0 radical (unpaired) electrons. The maximum atomic E-state index is 12.4. The van der Waals surface area contributed by atoms with Crippen LogP contribution < -0.4 is 0 Å². The summed E-state index contributed by atoms with van der Waals surface area (Å²) in [6, 6.07) is 0. The molecule has 0 unspecified atom stereocenters. The van der Waals surface area contributed by atoms with Gasteiger partial charge in [-0.2, -0.15) is 0 Å². The van der Waals surface area contributed by atoms with Crippen molar-refractivity contribution in [1.82, 2.24) is 0 Å². The highest BCUT2D eigenvalue weighted by Gasteiger charge is 2.22. The lowest BCUT2D eigenvalue weighted by Gasteiger charge is -2.18. The highest BCUT2D eigenvalue weighted by atomic mass is 31.2. The van der Waals surface area contributed by atoms with Gasteiger partial charge in [0.05, 0.1) is 6.61 Å². The third-order valence-corrected chi connectivity index (χ3v) is 11.3. The molecule has 9 heteroatoms. The summed E-state index contributed by atoms with van der Waals surface area (Å²) >= 11 is 0. The third kappa shape index (κ3) is 48.7.